The van der Waals surface area contributed by atoms with Gasteiger partial charge in [0.1, 0.15) is 0 Å². The third-order valence-corrected chi connectivity index (χ3v) is 2.92. The number of aryl methyl sites for hydroxylation is 1. The first-order valence-corrected chi connectivity index (χ1v) is 6.54. The van der Waals surface area contributed by atoms with Crippen molar-refractivity contribution in [3.05, 3.63) is 42.1 Å². The van der Waals surface area contributed by atoms with Crippen LogP contribution in [0.2, 0.25) is 0 Å². The number of unbranched alkanes of at least 4 members (excludes halogenated alkanes) is 2. The number of thiol groups is 1. The lowest BCUT2D eigenvalue weighted by atomic mass is 10.1. The Labute approximate surface area is 104 Å². The molecule has 0 aromatic heterocycles. The number of benzene rings is 1. The highest BCUT2D eigenvalue weighted by Crippen LogP contribution is 2.13. The zero-order chi connectivity index (χ0) is 11.8. The van der Waals surface area contributed by atoms with Crippen LogP contribution in [0, 0.1) is 0 Å². The van der Waals surface area contributed by atoms with Gasteiger partial charge in [0, 0.05) is 17.1 Å². The van der Waals surface area contributed by atoms with Gasteiger partial charge in [-0.15, -0.1) is 0 Å². The van der Waals surface area contributed by atoms with Gasteiger partial charge >= 0.3 is 0 Å². The van der Waals surface area contributed by atoms with Crippen LogP contribution in [-0.2, 0) is 6.42 Å². The van der Waals surface area contributed by atoms with E-state index in [1.54, 1.807) is 0 Å². The molecule has 0 heterocycles. The molecule has 1 aromatic carbocycles. The van der Waals surface area contributed by atoms with Crippen molar-refractivity contribution in [3.8, 4) is 0 Å². The van der Waals surface area contributed by atoms with Gasteiger partial charge in [0.25, 0.3) is 0 Å². The molecule has 0 saturated heterocycles. The summed E-state index contributed by atoms with van der Waals surface area (Å²) in [5.41, 5.74) is 3.44. The van der Waals surface area contributed by atoms with Gasteiger partial charge in [0.05, 0.1) is 0 Å². The second-order valence-corrected chi connectivity index (χ2v) is 4.36. The second kappa shape index (κ2) is 7.39. The van der Waals surface area contributed by atoms with Gasteiger partial charge in [0.15, 0.2) is 0 Å². The van der Waals surface area contributed by atoms with Crippen molar-refractivity contribution in [2.24, 2.45) is 0 Å². The Morgan fingerprint density at radius 1 is 1.25 bits per heavy atom. The van der Waals surface area contributed by atoms with E-state index < -0.39 is 0 Å². The van der Waals surface area contributed by atoms with Gasteiger partial charge in [-0.25, -0.2) is 0 Å². The lowest BCUT2D eigenvalue weighted by Gasteiger charge is -2.08. The highest BCUT2D eigenvalue weighted by Gasteiger charge is 1.96. The van der Waals surface area contributed by atoms with Crippen molar-refractivity contribution >= 4 is 18.3 Å². The number of anilines is 1. The van der Waals surface area contributed by atoms with E-state index >= 15 is 0 Å². The van der Waals surface area contributed by atoms with Gasteiger partial charge in [-0.3, -0.25) is 0 Å². The van der Waals surface area contributed by atoms with Crippen LogP contribution in [0.3, 0.4) is 0 Å². The monoisotopic (exact) mass is 235 g/mol. The molecule has 0 aliphatic rings. The Kier molecular flexibility index (Phi) is 6.09. The highest BCUT2D eigenvalue weighted by atomic mass is 32.1. The molecule has 1 N–H and O–H groups in total. The molecule has 16 heavy (non-hydrogen) atoms. The lowest BCUT2D eigenvalue weighted by molar-refractivity contribution is 0.717. The summed E-state index contributed by atoms with van der Waals surface area (Å²) in [7, 11) is 0. The quantitative estimate of drug-likeness (QED) is 0.531. The third-order valence-electron chi connectivity index (χ3n) is 2.53. The van der Waals surface area contributed by atoms with E-state index in [9.17, 15) is 0 Å². The molecule has 1 rings (SSSR count). The number of rotatable bonds is 7. The van der Waals surface area contributed by atoms with Crippen molar-refractivity contribution < 1.29 is 0 Å². The van der Waals surface area contributed by atoms with Crippen molar-refractivity contribution in [3.63, 3.8) is 0 Å². The smallest absolute Gasteiger partial charge is 0.0382 e. The minimum atomic E-state index is 0.665. The Morgan fingerprint density at radius 3 is 2.50 bits per heavy atom. The van der Waals surface area contributed by atoms with Crippen molar-refractivity contribution in [1.82, 2.24) is 0 Å². The third kappa shape index (κ3) is 4.75. The van der Waals surface area contributed by atoms with E-state index in [-0.39, 0.29) is 0 Å². The molecular formula is C14H21NS. The molecule has 0 atom stereocenters. The van der Waals surface area contributed by atoms with E-state index in [1.165, 1.54) is 31.2 Å². The maximum Gasteiger partial charge on any atom is 0.0382 e. The van der Waals surface area contributed by atoms with E-state index in [4.69, 9.17) is 0 Å². The minimum Gasteiger partial charge on any atom is -0.359 e. The first-order valence-electron chi connectivity index (χ1n) is 5.91. The van der Waals surface area contributed by atoms with Crippen LogP contribution in [0.5, 0.6) is 0 Å². The Bertz CT molecular complexity index is 316. The summed E-state index contributed by atoms with van der Waals surface area (Å²) in [5.74, 6) is 0.665. The van der Waals surface area contributed by atoms with Crippen molar-refractivity contribution in [2.45, 2.75) is 32.6 Å². The van der Waals surface area contributed by atoms with E-state index in [1.807, 2.05) is 0 Å². The fraction of sp³-hybridized carbons (Fsp3) is 0.429. The van der Waals surface area contributed by atoms with E-state index in [0.29, 0.717) is 5.75 Å². The molecule has 88 valence electrons. The molecule has 0 bridgehead atoms. The van der Waals surface area contributed by atoms with Crippen LogP contribution in [0.25, 0.3) is 0 Å². The van der Waals surface area contributed by atoms with Gasteiger partial charge in [-0.2, -0.15) is 12.6 Å². The molecule has 0 aliphatic carbocycles. The van der Waals surface area contributed by atoms with Crippen LogP contribution in [0.4, 0.5) is 5.69 Å². The molecule has 2 heteroatoms. The van der Waals surface area contributed by atoms with Gasteiger partial charge in [0.2, 0.25) is 0 Å². The van der Waals surface area contributed by atoms with Gasteiger partial charge in [-0.05, 0) is 30.5 Å². The molecule has 0 unspecified atom stereocenters. The maximum atomic E-state index is 4.16. The van der Waals surface area contributed by atoms with Gasteiger partial charge < -0.3 is 5.32 Å². The average molecular weight is 235 g/mol. The molecule has 0 radical (unpaired) electrons. The fourth-order valence-corrected chi connectivity index (χ4v) is 1.66. The summed E-state index contributed by atoms with van der Waals surface area (Å²) in [6.07, 6.45) is 5.06. The molecule has 0 saturated carbocycles. The maximum absolute atomic E-state index is 4.16. The van der Waals surface area contributed by atoms with Gasteiger partial charge in [-0.1, -0.05) is 38.5 Å². The Balaban J connectivity index is 2.44. The largest absolute Gasteiger partial charge is 0.359 e. The van der Waals surface area contributed by atoms with Crippen LogP contribution in [0.1, 0.15) is 31.7 Å². The number of hydrogen-bond donors (Lipinski definition) is 2. The zero-order valence-electron chi connectivity index (χ0n) is 10.00. The zero-order valence-corrected chi connectivity index (χ0v) is 10.9. The topological polar surface area (TPSA) is 12.0 Å². The summed E-state index contributed by atoms with van der Waals surface area (Å²) < 4.78 is 0. The van der Waals surface area contributed by atoms with Crippen LogP contribution < -0.4 is 5.32 Å². The molecule has 0 amide bonds. The summed E-state index contributed by atoms with van der Waals surface area (Å²) in [6.45, 7) is 6.10. The van der Waals surface area contributed by atoms with E-state index in [0.717, 1.165) is 11.4 Å². The number of hydrogen-bond acceptors (Lipinski definition) is 2. The average Bonchev–Trinajstić information content (AvgIpc) is 2.31. The SMILES string of the molecule is C=C(CS)Nc1ccc(CCCCC)cc1. The van der Waals surface area contributed by atoms with Crippen LogP contribution in [0.15, 0.2) is 36.5 Å². The predicted molar refractivity (Wildman–Crippen MR) is 76.3 cm³/mol. The molecule has 1 nitrogen and oxygen atoms in total. The molecular weight excluding hydrogens is 214 g/mol. The molecule has 0 fully saturated rings. The van der Waals surface area contributed by atoms with Crippen LogP contribution in [-0.4, -0.2) is 5.75 Å². The fourth-order valence-electron chi connectivity index (χ4n) is 1.58. The summed E-state index contributed by atoms with van der Waals surface area (Å²) >= 11 is 4.16. The van der Waals surface area contributed by atoms with E-state index in [2.05, 4.69) is 55.7 Å². The summed E-state index contributed by atoms with van der Waals surface area (Å²) in [4.78, 5) is 0. The standard InChI is InChI=1S/C14H21NS/c1-3-4-5-6-13-7-9-14(10-8-13)15-12(2)11-16/h7-10,15-16H,2-6,11H2,1H3. The second-order valence-electron chi connectivity index (χ2n) is 4.04. The number of nitrogens with one attached hydrogen (secondary N) is 1. The first-order chi connectivity index (χ1) is 7.76. The molecule has 1 aromatic rings. The predicted octanol–water partition coefficient (Wildman–Crippen LogP) is 4.27. The molecule has 0 aliphatic heterocycles. The van der Waals surface area contributed by atoms with Crippen LogP contribution >= 0.6 is 12.6 Å². The summed E-state index contributed by atoms with van der Waals surface area (Å²) in [6, 6.07) is 8.58. The van der Waals surface area contributed by atoms with Crippen molar-refractivity contribution in [2.75, 3.05) is 11.1 Å². The highest BCUT2D eigenvalue weighted by molar-refractivity contribution is 7.80. The minimum absolute atomic E-state index is 0.665. The first kappa shape index (κ1) is 13.2. The Morgan fingerprint density at radius 2 is 1.94 bits per heavy atom. The summed E-state index contributed by atoms with van der Waals surface area (Å²) in [5, 5.41) is 3.22. The van der Waals surface area contributed by atoms with Crippen molar-refractivity contribution in [1.29, 1.82) is 0 Å². The Hall–Kier alpha value is -0.890. The molecule has 0 spiro atoms. The normalized spacial score (nSPS) is 10.1. The lowest BCUT2D eigenvalue weighted by Crippen LogP contribution is -1.98.